The zero-order valence-corrected chi connectivity index (χ0v) is 20.8. The topological polar surface area (TPSA) is 55.8 Å². The van der Waals surface area contributed by atoms with Gasteiger partial charge in [0.25, 0.3) is 0 Å². The second-order valence-electron chi connectivity index (χ2n) is 9.97. The Bertz CT molecular complexity index is 613. The fourth-order valence-electron chi connectivity index (χ4n) is 3.59. The number of amides is 1. The third kappa shape index (κ3) is 10.9. The first-order chi connectivity index (χ1) is 14.6. The Kier molecular flexibility index (Phi) is 12.0. The maximum atomic E-state index is 12.6. The fraction of sp³-hybridized carbons (Fsp3) is 0.769. The molecule has 1 aliphatic rings. The number of nitrogens with zero attached hydrogens (tertiary/aromatic N) is 1. The third-order valence-corrected chi connectivity index (χ3v) is 5.31. The summed E-state index contributed by atoms with van der Waals surface area (Å²) in [6, 6.07) is 0. The first-order valence-electron chi connectivity index (χ1n) is 12.2. The smallest absolute Gasteiger partial charge is 0.418 e. The number of rotatable bonds is 14. The Morgan fingerprint density at radius 1 is 0.968 bits per heavy atom. The van der Waals surface area contributed by atoms with Gasteiger partial charge in [-0.25, -0.2) is 9.69 Å². The van der Waals surface area contributed by atoms with Crippen LogP contribution in [-0.2, 0) is 14.3 Å². The van der Waals surface area contributed by atoms with E-state index in [1.54, 1.807) is 40.7 Å². The van der Waals surface area contributed by atoms with Crippen molar-refractivity contribution >= 4 is 11.9 Å². The molecule has 0 fully saturated rings. The second kappa shape index (κ2) is 13.6. The van der Waals surface area contributed by atoms with E-state index in [1.165, 1.54) is 75.4 Å². The molecule has 0 aromatic carbocycles. The average molecular weight is 436 g/mol. The molecule has 178 valence electrons. The van der Waals surface area contributed by atoms with Gasteiger partial charge in [-0.3, -0.25) is 4.79 Å². The molecule has 31 heavy (non-hydrogen) atoms. The van der Waals surface area contributed by atoms with E-state index >= 15 is 0 Å². The number of unbranched alkanes of at least 4 members (excludes halogenated alkanes) is 11. The largest absolute Gasteiger partial charge is 0.473 e. The van der Waals surface area contributed by atoms with E-state index < -0.39 is 17.4 Å². The Morgan fingerprint density at radius 2 is 1.48 bits per heavy atom. The summed E-state index contributed by atoms with van der Waals surface area (Å²) in [6.45, 7) is 11.1. The van der Waals surface area contributed by atoms with Crippen molar-refractivity contribution in [1.29, 1.82) is 0 Å². The van der Waals surface area contributed by atoms with Crippen molar-refractivity contribution in [2.45, 2.75) is 130 Å². The molecule has 0 aliphatic carbocycles. The molecule has 1 rings (SSSR count). The fourth-order valence-corrected chi connectivity index (χ4v) is 3.59. The standard InChI is InChI=1S/C26H45NO4/c1-7-8-9-10-11-12-13-14-15-16-17-18-19-20-23(28)22-21-30-26(5,6)27(22)24(29)31-25(2,3)4/h19-21H,7-18H2,1-6H3. The second-order valence-corrected chi connectivity index (χ2v) is 9.97. The van der Waals surface area contributed by atoms with Crippen LogP contribution in [0.1, 0.15) is 119 Å². The minimum absolute atomic E-state index is 0.217. The molecule has 1 heterocycles. The number of ketones is 1. The Morgan fingerprint density at radius 3 is 2.00 bits per heavy atom. The van der Waals surface area contributed by atoms with E-state index in [1.807, 2.05) is 6.08 Å². The number of ether oxygens (including phenoxy) is 2. The maximum absolute atomic E-state index is 12.6. The van der Waals surface area contributed by atoms with E-state index in [4.69, 9.17) is 9.47 Å². The molecule has 0 radical (unpaired) electrons. The lowest BCUT2D eigenvalue weighted by Crippen LogP contribution is -2.47. The van der Waals surface area contributed by atoms with E-state index in [0.717, 1.165) is 12.8 Å². The van der Waals surface area contributed by atoms with Crippen LogP contribution in [0.3, 0.4) is 0 Å². The minimum atomic E-state index is -0.947. The lowest BCUT2D eigenvalue weighted by Gasteiger charge is -2.33. The summed E-state index contributed by atoms with van der Waals surface area (Å²) < 4.78 is 11.0. The predicted octanol–water partition coefficient (Wildman–Crippen LogP) is 7.66. The van der Waals surface area contributed by atoms with Crippen LogP contribution in [0, 0.1) is 0 Å². The van der Waals surface area contributed by atoms with Gasteiger partial charge in [0.1, 0.15) is 17.6 Å². The van der Waals surface area contributed by atoms with E-state index in [2.05, 4.69) is 6.92 Å². The van der Waals surface area contributed by atoms with Gasteiger partial charge in [-0.2, -0.15) is 0 Å². The van der Waals surface area contributed by atoms with Gasteiger partial charge in [-0.1, -0.05) is 77.2 Å². The highest BCUT2D eigenvalue weighted by Crippen LogP contribution is 2.31. The summed E-state index contributed by atoms with van der Waals surface area (Å²) in [7, 11) is 0. The Balaban J connectivity index is 2.29. The summed E-state index contributed by atoms with van der Waals surface area (Å²) in [5.41, 5.74) is -1.37. The Hall–Kier alpha value is -1.78. The molecule has 5 heteroatoms. The summed E-state index contributed by atoms with van der Waals surface area (Å²) in [5.74, 6) is -0.237. The molecule has 0 atom stereocenters. The highest BCUT2D eigenvalue weighted by Gasteiger charge is 2.44. The van der Waals surface area contributed by atoms with Crippen LogP contribution < -0.4 is 0 Å². The zero-order valence-electron chi connectivity index (χ0n) is 20.8. The number of carbonyl (C=O) groups is 2. The predicted molar refractivity (Wildman–Crippen MR) is 127 cm³/mol. The van der Waals surface area contributed by atoms with Crippen molar-refractivity contribution in [3.05, 3.63) is 24.1 Å². The molecule has 0 saturated carbocycles. The monoisotopic (exact) mass is 435 g/mol. The van der Waals surface area contributed by atoms with Crippen molar-refractivity contribution in [2.24, 2.45) is 0 Å². The number of allylic oxidation sites excluding steroid dienone is 2. The van der Waals surface area contributed by atoms with Crippen LogP contribution in [0.2, 0.25) is 0 Å². The van der Waals surface area contributed by atoms with Crippen molar-refractivity contribution in [1.82, 2.24) is 4.90 Å². The summed E-state index contributed by atoms with van der Waals surface area (Å²) in [4.78, 5) is 26.5. The maximum Gasteiger partial charge on any atom is 0.418 e. The van der Waals surface area contributed by atoms with Crippen LogP contribution in [0.4, 0.5) is 4.79 Å². The molecular weight excluding hydrogens is 390 g/mol. The van der Waals surface area contributed by atoms with Gasteiger partial charge in [0.05, 0.1) is 0 Å². The van der Waals surface area contributed by atoms with E-state index in [0.29, 0.717) is 0 Å². The Labute approximate surface area is 190 Å². The molecule has 0 bridgehead atoms. The first-order valence-corrected chi connectivity index (χ1v) is 12.2. The quantitative estimate of drug-likeness (QED) is 0.208. The van der Waals surface area contributed by atoms with Gasteiger partial charge in [0.15, 0.2) is 5.72 Å². The molecular formula is C26H45NO4. The summed E-state index contributed by atoms with van der Waals surface area (Å²) in [6.07, 6.45) is 19.5. The number of hydrogen-bond acceptors (Lipinski definition) is 4. The van der Waals surface area contributed by atoms with Crippen LogP contribution in [-0.4, -0.2) is 28.1 Å². The van der Waals surface area contributed by atoms with Crippen molar-refractivity contribution in [2.75, 3.05) is 0 Å². The van der Waals surface area contributed by atoms with Crippen molar-refractivity contribution < 1.29 is 19.1 Å². The summed E-state index contributed by atoms with van der Waals surface area (Å²) >= 11 is 0. The molecule has 5 nitrogen and oxygen atoms in total. The SMILES string of the molecule is CCCCCCCCCCCCCC=CC(=O)C1=COC(C)(C)N1C(=O)OC(C)(C)C. The lowest BCUT2D eigenvalue weighted by atomic mass is 10.1. The molecule has 0 aromatic heterocycles. The first kappa shape index (κ1) is 27.3. The molecule has 0 spiro atoms. The molecule has 1 aliphatic heterocycles. The molecule has 0 unspecified atom stereocenters. The van der Waals surface area contributed by atoms with Crippen molar-refractivity contribution in [3.8, 4) is 0 Å². The van der Waals surface area contributed by atoms with Crippen LogP contribution in [0.25, 0.3) is 0 Å². The number of hydrogen-bond donors (Lipinski definition) is 0. The highest BCUT2D eigenvalue weighted by molar-refractivity contribution is 6.05. The van der Waals surface area contributed by atoms with E-state index in [9.17, 15) is 9.59 Å². The molecule has 1 amide bonds. The molecule has 0 N–H and O–H groups in total. The normalized spacial score (nSPS) is 15.8. The highest BCUT2D eigenvalue weighted by atomic mass is 16.6. The van der Waals surface area contributed by atoms with Crippen LogP contribution in [0.5, 0.6) is 0 Å². The van der Waals surface area contributed by atoms with Gasteiger partial charge in [-0.05, 0) is 53.5 Å². The molecule has 0 aromatic rings. The van der Waals surface area contributed by atoms with Crippen molar-refractivity contribution in [3.63, 3.8) is 0 Å². The van der Waals surface area contributed by atoms with E-state index in [-0.39, 0.29) is 11.5 Å². The molecule has 0 saturated heterocycles. The zero-order chi connectivity index (χ0) is 23.3. The average Bonchev–Trinajstić information content (AvgIpc) is 2.99. The van der Waals surface area contributed by atoms with Gasteiger partial charge in [0.2, 0.25) is 5.78 Å². The van der Waals surface area contributed by atoms with Crippen LogP contribution in [0.15, 0.2) is 24.1 Å². The van der Waals surface area contributed by atoms with Gasteiger partial charge in [0, 0.05) is 0 Å². The summed E-state index contributed by atoms with van der Waals surface area (Å²) in [5, 5.41) is 0. The van der Waals surface area contributed by atoms with Crippen LogP contribution >= 0.6 is 0 Å². The van der Waals surface area contributed by atoms with Gasteiger partial charge in [-0.15, -0.1) is 0 Å². The minimum Gasteiger partial charge on any atom is -0.473 e. The third-order valence-electron chi connectivity index (χ3n) is 5.31. The van der Waals surface area contributed by atoms with Gasteiger partial charge < -0.3 is 9.47 Å². The van der Waals surface area contributed by atoms with Gasteiger partial charge >= 0.3 is 6.09 Å². The lowest BCUT2D eigenvalue weighted by molar-refractivity contribution is -0.114. The number of carbonyl (C=O) groups excluding carboxylic acids is 2.